The van der Waals surface area contributed by atoms with Crippen molar-refractivity contribution >= 4 is 29.1 Å². The van der Waals surface area contributed by atoms with Crippen LogP contribution in [0.5, 0.6) is 0 Å². The van der Waals surface area contributed by atoms with Crippen molar-refractivity contribution in [1.29, 1.82) is 0 Å². The molecule has 0 radical (unpaired) electrons. The number of benzene rings is 1. The van der Waals surface area contributed by atoms with Gasteiger partial charge in [-0.2, -0.15) is 0 Å². The first-order chi connectivity index (χ1) is 11.1. The van der Waals surface area contributed by atoms with Crippen LogP contribution in [0.1, 0.15) is 0 Å². The van der Waals surface area contributed by atoms with Crippen molar-refractivity contribution in [2.75, 3.05) is 0 Å². The number of pyridine rings is 1. The number of nitro groups is 1. The van der Waals surface area contributed by atoms with Gasteiger partial charge in [-0.3, -0.25) is 15.1 Å². The third-order valence-corrected chi connectivity index (χ3v) is 4.39. The van der Waals surface area contributed by atoms with Gasteiger partial charge >= 0.3 is 0 Å². The minimum Gasteiger partial charge on any atom is -0.304 e. The summed E-state index contributed by atoms with van der Waals surface area (Å²) in [5.74, 6) is 0.588. The topological polar surface area (TPSA) is 86.7 Å². The maximum absolute atomic E-state index is 11.2. The fourth-order valence-electron chi connectivity index (χ4n) is 1.94. The van der Waals surface area contributed by atoms with E-state index in [1.54, 1.807) is 29.9 Å². The third-order valence-electron chi connectivity index (χ3n) is 3.05. The maximum atomic E-state index is 11.2. The lowest BCUT2D eigenvalue weighted by atomic mass is 10.3. The Morgan fingerprint density at radius 1 is 1.26 bits per heavy atom. The molecule has 0 aliphatic carbocycles. The summed E-state index contributed by atoms with van der Waals surface area (Å²) in [5.41, 5.74) is 0.616. The Morgan fingerprint density at radius 3 is 2.78 bits per heavy atom. The molecule has 116 valence electrons. The summed E-state index contributed by atoms with van der Waals surface area (Å²) < 4.78 is 1.74. The van der Waals surface area contributed by atoms with Gasteiger partial charge in [0.1, 0.15) is 5.69 Å². The van der Waals surface area contributed by atoms with Gasteiger partial charge in [-0.1, -0.05) is 17.7 Å². The van der Waals surface area contributed by atoms with Gasteiger partial charge < -0.3 is 4.57 Å². The average molecular weight is 348 g/mol. The first-order valence-electron chi connectivity index (χ1n) is 6.49. The third kappa shape index (κ3) is 3.17. The lowest BCUT2D eigenvalue weighted by Gasteiger charge is -2.04. The van der Waals surface area contributed by atoms with Gasteiger partial charge in [-0.15, -0.1) is 10.2 Å². The number of halogens is 1. The molecule has 0 atom stereocenters. The van der Waals surface area contributed by atoms with E-state index in [4.69, 9.17) is 11.6 Å². The monoisotopic (exact) mass is 347 g/mol. The SMILES string of the molecule is Cn1c(Sc2ccc(Cl)cc2[N+](=O)[O-])nnc1-c1ccccn1. The quantitative estimate of drug-likeness (QED) is 0.529. The molecule has 0 aliphatic heterocycles. The van der Waals surface area contributed by atoms with Crippen LogP contribution in [0.4, 0.5) is 5.69 Å². The zero-order valence-corrected chi connectivity index (χ0v) is 13.5. The van der Waals surface area contributed by atoms with Crippen molar-refractivity contribution in [2.24, 2.45) is 7.05 Å². The van der Waals surface area contributed by atoms with Gasteiger partial charge in [0.25, 0.3) is 5.69 Å². The molecular formula is C14H10ClN5O2S. The molecule has 0 aliphatic rings. The van der Waals surface area contributed by atoms with Crippen molar-refractivity contribution in [2.45, 2.75) is 10.1 Å². The molecule has 0 bridgehead atoms. The Labute approximate surface area is 140 Å². The molecule has 23 heavy (non-hydrogen) atoms. The lowest BCUT2D eigenvalue weighted by Crippen LogP contribution is -1.97. The first-order valence-corrected chi connectivity index (χ1v) is 7.68. The van der Waals surface area contributed by atoms with Crippen molar-refractivity contribution < 1.29 is 4.92 Å². The summed E-state index contributed by atoms with van der Waals surface area (Å²) in [7, 11) is 1.79. The van der Waals surface area contributed by atoms with Gasteiger partial charge in [-0.25, -0.2) is 0 Å². The smallest absolute Gasteiger partial charge is 0.284 e. The number of nitro benzene ring substituents is 1. The van der Waals surface area contributed by atoms with E-state index in [0.29, 0.717) is 26.6 Å². The predicted molar refractivity (Wildman–Crippen MR) is 86.5 cm³/mol. The average Bonchev–Trinajstić information content (AvgIpc) is 2.91. The highest BCUT2D eigenvalue weighted by molar-refractivity contribution is 7.99. The van der Waals surface area contributed by atoms with Gasteiger partial charge in [0.15, 0.2) is 11.0 Å². The van der Waals surface area contributed by atoms with Gasteiger partial charge in [0, 0.05) is 24.3 Å². The summed E-state index contributed by atoms with van der Waals surface area (Å²) in [6, 6.07) is 10.0. The van der Waals surface area contributed by atoms with Crippen LogP contribution in [-0.4, -0.2) is 24.7 Å². The molecule has 2 aromatic heterocycles. The predicted octanol–water partition coefficient (Wildman–Crippen LogP) is 3.59. The first kappa shape index (κ1) is 15.4. The molecule has 7 nitrogen and oxygen atoms in total. The number of nitrogens with zero attached hydrogens (tertiary/aromatic N) is 5. The molecule has 0 saturated heterocycles. The van der Waals surface area contributed by atoms with E-state index < -0.39 is 4.92 Å². The number of hydrogen-bond acceptors (Lipinski definition) is 6. The van der Waals surface area contributed by atoms with E-state index in [-0.39, 0.29) is 5.69 Å². The summed E-state index contributed by atoms with van der Waals surface area (Å²) in [5, 5.41) is 20.2. The van der Waals surface area contributed by atoms with E-state index in [2.05, 4.69) is 15.2 Å². The standard InChI is InChI=1S/C14H10ClN5O2S/c1-19-13(10-4-2-3-7-16-10)17-18-14(19)23-12-6-5-9(15)8-11(12)20(21)22/h2-8H,1H3. The second kappa shape index (κ2) is 6.35. The summed E-state index contributed by atoms with van der Waals surface area (Å²) >= 11 is 6.98. The van der Waals surface area contributed by atoms with Gasteiger partial charge in [0.2, 0.25) is 0 Å². The molecule has 0 fully saturated rings. The highest BCUT2D eigenvalue weighted by Gasteiger charge is 2.19. The normalized spacial score (nSPS) is 10.7. The molecule has 0 N–H and O–H groups in total. The highest BCUT2D eigenvalue weighted by Crippen LogP contribution is 2.36. The van der Waals surface area contributed by atoms with Crippen LogP contribution in [0, 0.1) is 10.1 Å². The Morgan fingerprint density at radius 2 is 2.09 bits per heavy atom. The highest BCUT2D eigenvalue weighted by atomic mass is 35.5. The van der Waals surface area contributed by atoms with E-state index >= 15 is 0 Å². The van der Waals surface area contributed by atoms with Crippen molar-refractivity contribution in [3.05, 3.63) is 57.7 Å². The van der Waals surface area contributed by atoms with Crippen molar-refractivity contribution in [3.8, 4) is 11.5 Å². The van der Waals surface area contributed by atoms with Crippen LogP contribution >= 0.6 is 23.4 Å². The minimum atomic E-state index is -0.468. The second-order valence-corrected chi connectivity index (χ2v) is 6.00. The molecule has 3 rings (SSSR count). The van der Waals surface area contributed by atoms with Crippen LogP contribution in [0.2, 0.25) is 5.02 Å². The molecule has 1 aromatic carbocycles. The van der Waals surface area contributed by atoms with Crippen molar-refractivity contribution in [3.63, 3.8) is 0 Å². The lowest BCUT2D eigenvalue weighted by molar-refractivity contribution is -0.387. The Kier molecular flexibility index (Phi) is 4.26. The largest absolute Gasteiger partial charge is 0.304 e. The maximum Gasteiger partial charge on any atom is 0.284 e. The van der Waals surface area contributed by atoms with E-state index in [9.17, 15) is 10.1 Å². The van der Waals surface area contributed by atoms with E-state index in [0.717, 1.165) is 11.8 Å². The minimum absolute atomic E-state index is 0.0649. The molecule has 0 spiro atoms. The zero-order valence-electron chi connectivity index (χ0n) is 11.9. The number of hydrogen-bond donors (Lipinski definition) is 0. The summed E-state index contributed by atoms with van der Waals surface area (Å²) in [6.45, 7) is 0. The summed E-state index contributed by atoms with van der Waals surface area (Å²) in [4.78, 5) is 15.4. The van der Waals surface area contributed by atoms with Gasteiger partial charge in [-0.05, 0) is 36.0 Å². The number of aromatic nitrogens is 4. The molecule has 3 aromatic rings. The molecule has 0 amide bonds. The zero-order chi connectivity index (χ0) is 16.4. The molecule has 9 heteroatoms. The molecular weight excluding hydrogens is 338 g/mol. The van der Waals surface area contributed by atoms with Crippen LogP contribution in [0.25, 0.3) is 11.5 Å². The Bertz CT molecular complexity index is 869. The Hall–Kier alpha value is -2.45. The van der Waals surface area contributed by atoms with E-state index in [1.165, 1.54) is 6.07 Å². The van der Waals surface area contributed by atoms with Crippen LogP contribution in [0.3, 0.4) is 0 Å². The van der Waals surface area contributed by atoms with Crippen LogP contribution < -0.4 is 0 Å². The van der Waals surface area contributed by atoms with E-state index in [1.807, 2.05) is 18.2 Å². The Balaban J connectivity index is 1.96. The molecule has 2 heterocycles. The van der Waals surface area contributed by atoms with Crippen molar-refractivity contribution in [1.82, 2.24) is 19.7 Å². The summed E-state index contributed by atoms with van der Waals surface area (Å²) in [6.07, 6.45) is 1.67. The number of rotatable bonds is 4. The van der Waals surface area contributed by atoms with Crippen LogP contribution in [-0.2, 0) is 7.05 Å². The van der Waals surface area contributed by atoms with Crippen LogP contribution in [0.15, 0.2) is 52.6 Å². The molecule has 0 saturated carbocycles. The second-order valence-electron chi connectivity index (χ2n) is 4.55. The fraction of sp³-hybridized carbons (Fsp3) is 0.0714. The molecule has 0 unspecified atom stereocenters. The van der Waals surface area contributed by atoms with Gasteiger partial charge in [0.05, 0.1) is 9.82 Å². The fourth-order valence-corrected chi connectivity index (χ4v) is 2.98.